The molecular formula is C34H52O4. The Bertz CT molecular complexity index is 1030. The average Bonchev–Trinajstić information content (AvgIpc) is 3.23. The van der Waals surface area contributed by atoms with E-state index in [1.807, 2.05) is 0 Å². The molecule has 212 valence electrons. The van der Waals surface area contributed by atoms with E-state index in [1.165, 1.54) is 31.3 Å². The first-order valence-electron chi connectivity index (χ1n) is 15.5. The van der Waals surface area contributed by atoms with Gasteiger partial charge in [0.1, 0.15) is 18.2 Å². The van der Waals surface area contributed by atoms with E-state index >= 15 is 0 Å². The molecule has 4 nitrogen and oxygen atoms in total. The van der Waals surface area contributed by atoms with Gasteiger partial charge in [-0.3, -0.25) is 9.59 Å². The van der Waals surface area contributed by atoms with Crippen LogP contribution in [0.3, 0.4) is 0 Å². The predicted octanol–water partition coefficient (Wildman–Crippen LogP) is 7.73. The third-order valence-electron chi connectivity index (χ3n) is 14.1. The summed E-state index contributed by atoms with van der Waals surface area (Å²) in [5, 5.41) is 0. The molecule has 0 aliphatic heterocycles. The first-order valence-corrected chi connectivity index (χ1v) is 15.5. The molecule has 0 spiro atoms. The molecule has 0 N–H and O–H groups in total. The highest BCUT2D eigenvalue weighted by Gasteiger charge is 2.71. The van der Waals surface area contributed by atoms with Gasteiger partial charge in [0.15, 0.2) is 0 Å². The van der Waals surface area contributed by atoms with Crippen molar-refractivity contribution in [3.05, 3.63) is 12.2 Å². The monoisotopic (exact) mass is 524 g/mol. The van der Waals surface area contributed by atoms with Crippen LogP contribution in [-0.2, 0) is 19.1 Å². The number of allylic oxidation sites excluding steroid dienone is 1. The van der Waals surface area contributed by atoms with E-state index < -0.39 is 0 Å². The minimum Gasteiger partial charge on any atom is -0.462 e. The molecule has 0 aromatic rings. The van der Waals surface area contributed by atoms with Crippen LogP contribution in [0.1, 0.15) is 119 Å². The second kappa shape index (κ2) is 9.03. The zero-order valence-corrected chi connectivity index (χ0v) is 25.2. The van der Waals surface area contributed by atoms with E-state index in [0.717, 1.165) is 44.8 Å². The summed E-state index contributed by atoms with van der Waals surface area (Å²) in [6, 6.07) is 0. The summed E-state index contributed by atoms with van der Waals surface area (Å²) in [5.41, 5.74) is 1.49. The van der Waals surface area contributed by atoms with Crippen LogP contribution < -0.4 is 0 Å². The van der Waals surface area contributed by atoms with Crippen LogP contribution in [0.25, 0.3) is 0 Å². The number of rotatable bonds is 5. The van der Waals surface area contributed by atoms with Crippen molar-refractivity contribution in [1.29, 1.82) is 0 Å². The Morgan fingerprint density at radius 3 is 2.18 bits per heavy atom. The highest BCUT2D eigenvalue weighted by Crippen LogP contribution is 2.77. The van der Waals surface area contributed by atoms with Crippen molar-refractivity contribution in [2.24, 2.45) is 56.7 Å². The highest BCUT2D eigenvalue weighted by atomic mass is 16.5. The molecule has 5 rings (SSSR count). The van der Waals surface area contributed by atoms with Gasteiger partial charge in [-0.2, -0.15) is 0 Å². The molecule has 0 heterocycles. The first kappa shape index (κ1) is 28.1. The van der Waals surface area contributed by atoms with Crippen molar-refractivity contribution in [3.8, 4) is 0 Å². The molecule has 1 unspecified atom stereocenters. The van der Waals surface area contributed by atoms with Gasteiger partial charge in [0.05, 0.1) is 6.42 Å². The maximum atomic E-state index is 13.6. The van der Waals surface area contributed by atoms with E-state index in [-0.39, 0.29) is 51.4 Å². The number of ketones is 1. The van der Waals surface area contributed by atoms with Gasteiger partial charge >= 0.3 is 5.97 Å². The number of ether oxygens (including phenoxy) is 1. The molecule has 0 bridgehead atoms. The number of carbonyl (C=O) groups excluding carboxylic acids is 3. The Balaban J connectivity index is 1.52. The molecule has 0 radical (unpaired) electrons. The maximum absolute atomic E-state index is 13.6. The van der Waals surface area contributed by atoms with Gasteiger partial charge in [0, 0.05) is 17.8 Å². The van der Waals surface area contributed by atoms with Gasteiger partial charge in [-0.05, 0) is 117 Å². The SMILES string of the molecule is C=C(C)[C@@H]1CC[C@]2(C(=O)CC=O)CC[C@]3(C)[C@H](CCC4[C@@]5(C)CC[C@H](OC(C)=O)C(C)(C)[C@@H]5CC[C@]43C)[C@@H]12. The zero-order valence-electron chi connectivity index (χ0n) is 25.2. The quantitative estimate of drug-likeness (QED) is 0.160. The molecule has 10 atom stereocenters. The van der Waals surface area contributed by atoms with Crippen LogP contribution in [0, 0.1) is 56.7 Å². The summed E-state index contributed by atoms with van der Waals surface area (Å²) in [7, 11) is 0. The van der Waals surface area contributed by atoms with Crippen molar-refractivity contribution >= 4 is 18.0 Å². The van der Waals surface area contributed by atoms with Gasteiger partial charge in [0.25, 0.3) is 0 Å². The summed E-state index contributed by atoms with van der Waals surface area (Å²) < 4.78 is 5.90. The van der Waals surface area contributed by atoms with Crippen LogP contribution in [0.5, 0.6) is 0 Å². The van der Waals surface area contributed by atoms with Gasteiger partial charge in [-0.25, -0.2) is 0 Å². The molecule has 0 aromatic heterocycles. The normalized spacial score (nSPS) is 49.0. The van der Waals surface area contributed by atoms with Gasteiger partial charge in [-0.15, -0.1) is 0 Å². The fourth-order valence-corrected chi connectivity index (χ4v) is 12.3. The third kappa shape index (κ3) is 3.56. The smallest absolute Gasteiger partial charge is 0.302 e. The fraction of sp³-hybridized carbons (Fsp3) is 0.853. The molecule has 0 amide bonds. The summed E-state index contributed by atoms with van der Waals surface area (Å²) in [6.45, 7) is 20.6. The van der Waals surface area contributed by atoms with Gasteiger partial charge < -0.3 is 9.53 Å². The largest absolute Gasteiger partial charge is 0.462 e. The summed E-state index contributed by atoms with van der Waals surface area (Å²) >= 11 is 0. The number of hydrogen-bond acceptors (Lipinski definition) is 4. The minimum absolute atomic E-state index is 0.00305. The lowest BCUT2D eigenvalue weighted by Crippen LogP contribution is -2.67. The Morgan fingerprint density at radius 2 is 1.55 bits per heavy atom. The Morgan fingerprint density at radius 1 is 0.842 bits per heavy atom. The average molecular weight is 525 g/mol. The van der Waals surface area contributed by atoms with Crippen molar-refractivity contribution in [2.75, 3.05) is 0 Å². The number of aldehydes is 1. The summed E-state index contributed by atoms with van der Waals surface area (Å²) in [4.78, 5) is 37.0. The standard InChI is InChI=1S/C34H52O4/c1-21(2)23-11-17-34(27(37)14-20-35)19-18-32(7)24(29(23)34)9-10-26-31(6)15-13-28(38-22(3)36)30(4,5)25(31)12-16-33(26,32)8/h20,23-26,28-29H,1,9-19H2,2-8H3/t23-,24+,25-,26?,28-,29+,31-,32+,33+,34+/m0/s1. The van der Waals surface area contributed by atoms with Crippen LogP contribution in [-0.4, -0.2) is 24.1 Å². The Hall–Kier alpha value is -1.45. The lowest BCUT2D eigenvalue weighted by Gasteiger charge is -2.73. The molecule has 38 heavy (non-hydrogen) atoms. The lowest BCUT2D eigenvalue weighted by atomic mass is 9.32. The second-order valence-corrected chi connectivity index (χ2v) is 15.6. The van der Waals surface area contributed by atoms with Crippen LogP contribution in [0.4, 0.5) is 0 Å². The molecular weight excluding hydrogens is 472 g/mol. The topological polar surface area (TPSA) is 60.4 Å². The van der Waals surface area contributed by atoms with E-state index in [0.29, 0.717) is 29.6 Å². The van der Waals surface area contributed by atoms with Crippen molar-refractivity contribution < 1.29 is 19.1 Å². The number of hydrogen-bond donors (Lipinski definition) is 0. The van der Waals surface area contributed by atoms with E-state index in [9.17, 15) is 14.4 Å². The zero-order chi connectivity index (χ0) is 27.9. The summed E-state index contributed by atoms with van der Waals surface area (Å²) in [6.07, 6.45) is 11.8. The van der Waals surface area contributed by atoms with E-state index in [1.54, 1.807) is 6.92 Å². The molecule has 0 aromatic carbocycles. The van der Waals surface area contributed by atoms with Gasteiger partial charge in [-0.1, -0.05) is 46.8 Å². The predicted molar refractivity (Wildman–Crippen MR) is 150 cm³/mol. The van der Waals surface area contributed by atoms with Crippen molar-refractivity contribution in [3.63, 3.8) is 0 Å². The molecule has 5 aliphatic rings. The van der Waals surface area contributed by atoms with E-state index in [4.69, 9.17) is 4.74 Å². The summed E-state index contributed by atoms with van der Waals surface area (Å²) in [5.74, 6) is 2.44. The van der Waals surface area contributed by atoms with Gasteiger partial charge in [0.2, 0.25) is 0 Å². The lowest BCUT2D eigenvalue weighted by molar-refractivity contribution is -0.248. The number of fused-ring (bicyclic) bond motifs is 7. The van der Waals surface area contributed by atoms with Crippen LogP contribution in [0.2, 0.25) is 0 Å². The van der Waals surface area contributed by atoms with Crippen LogP contribution in [0.15, 0.2) is 12.2 Å². The van der Waals surface area contributed by atoms with Crippen LogP contribution >= 0.6 is 0 Å². The minimum atomic E-state index is -0.330. The molecule has 5 aliphatic carbocycles. The molecule has 0 saturated heterocycles. The third-order valence-corrected chi connectivity index (χ3v) is 14.1. The fourth-order valence-electron chi connectivity index (χ4n) is 12.3. The van der Waals surface area contributed by atoms with Crippen molar-refractivity contribution in [1.82, 2.24) is 0 Å². The number of esters is 1. The van der Waals surface area contributed by atoms with E-state index in [2.05, 4.69) is 48.1 Å². The Kier molecular flexibility index (Phi) is 6.68. The first-order chi connectivity index (χ1) is 17.7. The molecule has 5 saturated carbocycles. The highest BCUT2D eigenvalue weighted by molar-refractivity contribution is 5.94. The maximum Gasteiger partial charge on any atom is 0.302 e. The van der Waals surface area contributed by atoms with Crippen molar-refractivity contribution in [2.45, 2.75) is 125 Å². The number of carbonyl (C=O) groups is 3. The Labute approximate surface area is 231 Å². The second-order valence-electron chi connectivity index (χ2n) is 15.6. The molecule has 5 fully saturated rings. The molecule has 4 heteroatoms. The number of Topliss-reactive ketones (excluding diaryl/α,β-unsaturated/α-hetero) is 1.